The lowest BCUT2D eigenvalue weighted by Crippen LogP contribution is -2.22. The molecular formula is C19H23N3O2. The second kappa shape index (κ2) is 7.25. The van der Waals surface area contributed by atoms with E-state index < -0.39 is 0 Å². The zero-order chi connectivity index (χ0) is 16.9. The van der Waals surface area contributed by atoms with E-state index in [-0.39, 0.29) is 5.75 Å². The summed E-state index contributed by atoms with van der Waals surface area (Å²) >= 11 is 0. The third kappa shape index (κ3) is 3.79. The second-order valence-corrected chi connectivity index (χ2v) is 5.90. The summed E-state index contributed by atoms with van der Waals surface area (Å²) < 4.78 is 5.38. The molecule has 0 saturated carbocycles. The van der Waals surface area contributed by atoms with Gasteiger partial charge in [0.1, 0.15) is 0 Å². The number of ether oxygens (including phenoxy) is 1. The van der Waals surface area contributed by atoms with E-state index in [4.69, 9.17) is 10.5 Å². The highest BCUT2D eigenvalue weighted by Gasteiger charge is 2.11. The first-order valence-corrected chi connectivity index (χ1v) is 8.29. The molecule has 0 saturated heterocycles. The van der Waals surface area contributed by atoms with Crippen molar-refractivity contribution in [1.29, 1.82) is 0 Å². The van der Waals surface area contributed by atoms with Crippen molar-refractivity contribution in [2.24, 2.45) is 10.7 Å². The number of aromatic hydroxyl groups is 1. The zero-order valence-electron chi connectivity index (χ0n) is 13.9. The van der Waals surface area contributed by atoms with E-state index in [1.165, 1.54) is 24.0 Å². The fraction of sp³-hybridized carbons (Fsp3) is 0.316. The lowest BCUT2D eigenvalue weighted by atomic mass is 10.1. The number of aryl methyl sites for hydroxylation is 2. The number of rotatable bonds is 5. The number of hydrogen-bond acceptors (Lipinski definition) is 3. The molecule has 0 unspecified atom stereocenters. The molecule has 0 fully saturated rings. The highest BCUT2D eigenvalue weighted by atomic mass is 16.5. The van der Waals surface area contributed by atoms with Crippen molar-refractivity contribution in [3.05, 3.63) is 53.1 Å². The Morgan fingerprint density at radius 1 is 1.21 bits per heavy atom. The lowest BCUT2D eigenvalue weighted by Gasteiger charge is -2.09. The lowest BCUT2D eigenvalue weighted by molar-refractivity contribution is 0.318. The maximum atomic E-state index is 9.72. The van der Waals surface area contributed by atoms with Gasteiger partial charge in [-0.25, -0.2) is 4.99 Å². The van der Waals surface area contributed by atoms with Crippen LogP contribution < -0.4 is 15.8 Å². The number of benzene rings is 2. The summed E-state index contributed by atoms with van der Waals surface area (Å²) in [6.07, 6.45) is 3.53. The van der Waals surface area contributed by atoms with Gasteiger partial charge in [0.05, 0.1) is 13.2 Å². The van der Waals surface area contributed by atoms with Gasteiger partial charge in [0, 0.05) is 5.69 Å². The predicted molar refractivity (Wildman–Crippen MR) is 96.7 cm³/mol. The molecule has 0 aliphatic heterocycles. The summed E-state index contributed by atoms with van der Waals surface area (Å²) in [6, 6.07) is 11.6. The molecule has 5 heteroatoms. The molecule has 0 spiro atoms. The van der Waals surface area contributed by atoms with Crippen molar-refractivity contribution in [1.82, 2.24) is 0 Å². The van der Waals surface area contributed by atoms with Gasteiger partial charge in [-0.3, -0.25) is 0 Å². The molecule has 1 aliphatic carbocycles. The number of anilines is 1. The van der Waals surface area contributed by atoms with Gasteiger partial charge in [0.25, 0.3) is 0 Å². The Kier molecular flexibility index (Phi) is 4.89. The van der Waals surface area contributed by atoms with Crippen molar-refractivity contribution in [3.63, 3.8) is 0 Å². The van der Waals surface area contributed by atoms with E-state index in [0.29, 0.717) is 24.9 Å². The predicted octanol–water partition coefficient (Wildman–Crippen LogP) is 3.21. The largest absolute Gasteiger partial charge is 0.504 e. The third-order valence-corrected chi connectivity index (χ3v) is 4.13. The van der Waals surface area contributed by atoms with Crippen LogP contribution in [0.4, 0.5) is 5.69 Å². The van der Waals surface area contributed by atoms with Gasteiger partial charge in [0.2, 0.25) is 0 Å². The van der Waals surface area contributed by atoms with E-state index in [1.807, 2.05) is 19.1 Å². The van der Waals surface area contributed by atoms with Crippen LogP contribution in [0.25, 0.3) is 0 Å². The van der Waals surface area contributed by atoms with E-state index in [1.54, 1.807) is 12.1 Å². The van der Waals surface area contributed by atoms with Gasteiger partial charge in [-0.05, 0) is 67.1 Å². The molecule has 5 nitrogen and oxygen atoms in total. The van der Waals surface area contributed by atoms with Gasteiger partial charge in [-0.15, -0.1) is 0 Å². The van der Waals surface area contributed by atoms with Gasteiger partial charge in [-0.2, -0.15) is 0 Å². The van der Waals surface area contributed by atoms with Crippen molar-refractivity contribution in [2.75, 3.05) is 11.9 Å². The minimum Gasteiger partial charge on any atom is -0.504 e. The Bertz CT molecular complexity index is 756. The van der Waals surface area contributed by atoms with Crippen molar-refractivity contribution in [2.45, 2.75) is 32.7 Å². The summed E-state index contributed by atoms with van der Waals surface area (Å²) in [5, 5.41) is 12.9. The molecule has 4 N–H and O–H groups in total. The first-order chi connectivity index (χ1) is 11.7. The number of hydrogen-bond donors (Lipinski definition) is 3. The number of nitrogens with zero attached hydrogens (tertiary/aromatic N) is 1. The molecule has 0 amide bonds. The number of phenols is 1. The molecule has 126 valence electrons. The van der Waals surface area contributed by atoms with E-state index in [2.05, 4.69) is 22.4 Å². The zero-order valence-corrected chi connectivity index (χ0v) is 13.9. The summed E-state index contributed by atoms with van der Waals surface area (Å²) in [6.45, 7) is 2.80. The third-order valence-electron chi connectivity index (χ3n) is 4.13. The average molecular weight is 325 g/mol. The Morgan fingerprint density at radius 2 is 2.04 bits per heavy atom. The Morgan fingerprint density at radius 3 is 2.88 bits per heavy atom. The van der Waals surface area contributed by atoms with Crippen LogP contribution in [0.15, 0.2) is 41.4 Å². The quantitative estimate of drug-likeness (QED) is 0.582. The van der Waals surface area contributed by atoms with Crippen LogP contribution in [0.3, 0.4) is 0 Å². The maximum Gasteiger partial charge on any atom is 0.193 e. The van der Waals surface area contributed by atoms with Crippen LogP contribution in [0.2, 0.25) is 0 Å². The van der Waals surface area contributed by atoms with Gasteiger partial charge in [0.15, 0.2) is 17.5 Å². The first kappa shape index (κ1) is 16.2. The minimum atomic E-state index is 0.133. The molecule has 2 aromatic rings. The van der Waals surface area contributed by atoms with Crippen LogP contribution in [-0.4, -0.2) is 17.7 Å². The second-order valence-electron chi connectivity index (χ2n) is 5.90. The number of nitrogens with one attached hydrogen (secondary N) is 1. The summed E-state index contributed by atoms with van der Waals surface area (Å²) in [5.41, 5.74) is 10.7. The van der Waals surface area contributed by atoms with Crippen LogP contribution in [0.1, 0.15) is 30.0 Å². The van der Waals surface area contributed by atoms with Crippen molar-refractivity contribution >= 4 is 11.6 Å². The van der Waals surface area contributed by atoms with Crippen LogP contribution in [-0.2, 0) is 19.4 Å². The van der Waals surface area contributed by atoms with E-state index in [0.717, 1.165) is 17.7 Å². The monoisotopic (exact) mass is 325 g/mol. The number of nitrogens with two attached hydrogens (primary N) is 1. The fourth-order valence-corrected chi connectivity index (χ4v) is 2.94. The highest BCUT2D eigenvalue weighted by Crippen LogP contribution is 2.27. The molecule has 0 bridgehead atoms. The molecule has 1 aliphatic rings. The molecule has 2 aromatic carbocycles. The van der Waals surface area contributed by atoms with Crippen molar-refractivity contribution < 1.29 is 9.84 Å². The summed E-state index contributed by atoms with van der Waals surface area (Å²) in [7, 11) is 0. The molecule has 0 radical (unpaired) electrons. The molecule has 3 rings (SSSR count). The number of fused-ring (bicyclic) bond motifs is 1. The molecule has 0 aromatic heterocycles. The van der Waals surface area contributed by atoms with Gasteiger partial charge < -0.3 is 20.9 Å². The molecule has 24 heavy (non-hydrogen) atoms. The van der Waals surface area contributed by atoms with Gasteiger partial charge >= 0.3 is 0 Å². The SMILES string of the molecule is CCOc1cc(CN=C(N)Nc2ccc3c(c2)CCC3)ccc1O. The number of aliphatic imine (C=N–C) groups is 1. The summed E-state index contributed by atoms with van der Waals surface area (Å²) in [5.74, 6) is 0.975. The molecule has 0 heterocycles. The first-order valence-electron chi connectivity index (χ1n) is 8.29. The molecular weight excluding hydrogens is 302 g/mol. The van der Waals surface area contributed by atoms with E-state index >= 15 is 0 Å². The normalized spacial score (nSPS) is 13.6. The van der Waals surface area contributed by atoms with E-state index in [9.17, 15) is 5.11 Å². The standard InChI is InChI=1S/C19H23N3O2/c1-2-24-18-10-13(6-9-17(18)23)12-21-19(20)22-16-8-7-14-4-3-5-15(14)11-16/h6-11,23H,2-5,12H2,1H3,(H3,20,21,22). The number of phenolic OH excluding ortho intramolecular Hbond substituents is 1. The fourth-order valence-electron chi connectivity index (χ4n) is 2.94. The van der Waals surface area contributed by atoms with Crippen LogP contribution >= 0.6 is 0 Å². The topological polar surface area (TPSA) is 79.9 Å². The van der Waals surface area contributed by atoms with Crippen LogP contribution in [0.5, 0.6) is 11.5 Å². The maximum absolute atomic E-state index is 9.72. The average Bonchev–Trinajstić information content (AvgIpc) is 3.03. The Labute approximate surface area is 142 Å². The number of guanidine groups is 1. The Balaban J connectivity index is 1.65. The van der Waals surface area contributed by atoms with Crippen molar-refractivity contribution in [3.8, 4) is 11.5 Å². The molecule has 0 atom stereocenters. The van der Waals surface area contributed by atoms with Crippen LogP contribution in [0, 0.1) is 0 Å². The minimum absolute atomic E-state index is 0.133. The Hall–Kier alpha value is -2.69. The highest BCUT2D eigenvalue weighted by molar-refractivity contribution is 5.92. The summed E-state index contributed by atoms with van der Waals surface area (Å²) in [4.78, 5) is 4.36. The van der Waals surface area contributed by atoms with Gasteiger partial charge in [-0.1, -0.05) is 12.1 Å². The smallest absolute Gasteiger partial charge is 0.193 e.